The molecule has 3 rings (SSSR count). The molecule has 0 aliphatic rings. The number of benzene rings is 1. The van der Waals surface area contributed by atoms with Gasteiger partial charge in [-0.05, 0) is 30.7 Å². The Hall–Kier alpha value is -2.38. The summed E-state index contributed by atoms with van der Waals surface area (Å²) in [5.41, 5.74) is 2.11. The van der Waals surface area contributed by atoms with Crippen molar-refractivity contribution in [2.45, 2.75) is 20.0 Å². The Morgan fingerprint density at radius 1 is 1.35 bits per heavy atom. The van der Waals surface area contributed by atoms with E-state index in [-0.39, 0.29) is 0 Å². The summed E-state index contributed by atoms with van der Waals surface area (Å²) in [4.78, 5) is 12.3. The van der Waals surface area contributed by atoms with Gasteiger partial charge in [0, 0.05) is 24.0 Å². The topological polar surface area (TPSA) is 69.2 Å². The molecule has 1 aromatic carbocycles. The van der Waals surface area contributed by atoms with Crippen molar-refractivity contribution in [2.24, 2.45) is 4.99 Å². The molecule has 2 heterocycles. The van der Waals surface area contributed by atoms with Gasteiger partial charge in [0.15, 0.2) is 11.8 Å². The normalized spacial score (nSPS) is 11.6. The second-order valence-corrected chi connectivity index (χ2v) is 7.57. The highest BCUT2D eigenvalue weighted by Gasteiger charge is 2.08. The number of nitrogens with zero attached hydrogens (tertiary/aromatic N) is 4. The third kappa shape index (κ3) is 4.83. The van der Waals surface area contributed by atoms with Crippen molar-refractivity contribution in [3.8, 4) is 11.4 Å². The Morgan fingerprint density at radius 3 is 2.92 bits per heavy atom. The third-order valence-electron chi connectivity index (χ3n) is 3.75. The summed E-state index contributed by atoms with van der Waals surface area (Å²) in [5, 5.41) is 10.1. The number of H-pyrrole nitrogens is 1. The van der Waals surface area contributed by atoms with E-state index in [0.717, 1.165) is 40.3 Å². The molecule has 6 nitrogen and oxygen atoms in total. The lowest BCUT2D eigenvalue weighted by molar-refractivity contribution is 0.481. The highest BCUT2D eigenvalue weighted by atomic mass is 35.5. The highest BCUT2D eigenvalue weighted by molar-refractivity contribution is 7.16. The van der Waals surface area contributed by atoms with Crippen LogP contribution in [0.3, 0.4) is 0 Å². The van der Waals surface area contributed by atoms with Crippen LogP contribution in [0.1, 0.15) is 17.4 Å². The van der Waals surface area contributed by atoms with Crippen LogP contribution >= 0.6 is 22.9 Å². The molecule has 0 unspecified atom stereocenters. The molecular formula is C18H21ClN6S. The number of hydrogen-bond donors (Lipinski definition) is 2. The van der Waals surface area contributed by atoms with Crippen LogP contribution in [0.4, 0.5) is 0 Å². The van der Waals surface area contributed by atoms with E-state index in [1.54, 1.807) is 11.3 Å². The number of halogens is 1. The highest BCUT2D eigenvalue weighted by Crippen LogP contribution is 2.22. The molecule has 2 N–H and O–H groups in total. The minimum absolute atomic E-state index is 0.583. The number of hydrogen-bond acceptors (Lipinski definition) is 4. The van der Waals surface area contributed by atoms with Gasteiger partial charge in [-0.2, -0.15) is 5.10 Å². The zero-order valence-corrected chi connectivity index (χ0v) is 16.3. The van der Waals surface area contributed by atoms with Crippen LogP contribution < -0.4 is 5.32 Å². The van der Waals surface area contributed by atoms with Crippen molar-refractivity contribution in [1.29, 1.82) is 0 Å². The maximum atomic E-state index is 6.02. The summed E-state index contributed by atoms with van der Waals surface area (Å²) >= 11 is 7.62. The first kappa shape index (κ1) is 18.4. The first-order valence-electron chi connectivity index (χ1n) is 8.34. The predicted molar refractivity (Wildman–Crippen MR) is 107 cm³/mol. The zero-order chi connectivity index (χ0) is 18.4. The van der Waals surface area contributed by atoms with E-state index in [4.69, 9.17) is 16.6 Å². The quantitative estimate of drug-likeness (QED) is 0.498. The van der Waals surface area contributed by atoms with Crippen molar-refractivity contribution in [1.82, 2.24) is 25.4 Å². The van der Waals surface area contributed by atoms with Crippen LogP contribution in [0.2, 0.25) is 4.34 Å². The summed E-state index contributed by atoms with van der Waals surface area (Å²) in [6, 6.07) is 12.1. The number of aromatic amines is 1. The molecule has 0 saturated carbocycles. The van der Waals surface area contributed by atoms with Crippen molar-refractivity contribution in [2.75, 3.05) is 13.6 Å². The number of rotatable bonds is 6. The van der Waals surface area contributed by atoms with Gasteiger partial charge in [-0.25, -0.2) is 9.98 Å². The lowest BCUT2D eigenvalue weighted by atomic mass is 10.1. The Labute approximate surface area is 162 Å². The van der Waals surface area contributed by atoms with Gasteiger partial charge in [-0.15, -0.1) is 11.3 Å². The number of aromatic nitrogens is 3. The van der Waals surface area contributed by atoms with Crippen LogP contribution in [0.5, 0.6) is 0 Å². The molecule has 136 valence electrons. The standard InChI is InChI=1S/C18H21ClN6S/c1-3-20-18(25(2)11-15-7-8-16(19)26-15)21-10-13-5-4-6-14(9-13)17-22-12-23-24-17/h4-9,12H,3,10-11H2,1-2H3,(H,20,21)(H,22,23,24). The van der Waals surface area contributed by atoms with Crippen molar-refractivity contribution >= 4 is 28.9 Å². The fourth-order valence-corrected chi connectivity index (χ4v) is 3.68. The molecule has 26 heavy (non-hydrogen) atoms. The molecule has 2 aromatic heterocycles. The average molecular weight is 389 g/mol. The maximum Gasteiger partial charge on any atom is 0.194 e. The van der Waals surface area contributed by atoms with E-state index < -0.39 is 0 Å². The minimum Gasteiger partial charge on any atom is -0.357 e. The molecule has 8 heteroatoms. The van der Waals surface area contributed by atoms with E-state index in [0.29, 0.717) is 6.54 Å². The van der Waals surface area contributed by atoms with Crippen molar-refractivity contribution < 1.29 is 0 Å². The average Bonchev–Trinajstić information content (AvgIpc) is 3.31. The SMILES string of the molecule is CCNC(=NCc1cccc(-c2ncn[nH]2)c1)N(C)Cc1ccc(Cl)s1. The van der Waals surface area contributed by atoms with Crippen LogP contribution in [0.15, 0.2) is 47.7 Å². The smallest absolute Gasteiger partial charge is 0.194 e. The fourth-order valence-electron chi connectivity index (χ4n) is 2.54. The maximum absolute atomic E-state index is 6.02. The Morgan fingerprint density at radius 2 is 2.23 bits per heavy atom. The predicted octanol–water partition coefficient (Wildman–Crippen LogP) is 3.78. The molecule has 0 aliphatic heterocycles. The number of nitrogens with one attached hydrogen (secondary N) is 2. The van der Waals surface area contributed by atoms with Gasteiger partial charge in [0.2, 0.25) is 0 Å². The van der Waals surface area contributed by atoms with Gasteiger partial charge in [-0.1, -0.05) is 29.8 Å². The Kier molecular flexibility index (Phi) is 6.25. The van der Waals surface area contributed by atoms with Crippen LogP contribution in [0.25, 0.3) is 11.4 Å². The molecule has 0 amide bonds. The molecule has 0 bridgehead atoms. The summed E-state index contributed by atoms with van der Waals surface area (Å²) in [6.07, 6.45) is 1.51. The Bertz CT molecular complexity index is 858. The van der Waals surface area contributed by atoms with Gasteiger partial charge in [0.25, 0.3) is 0 Å². The summed E-state index contributed by atoms with van der Waals surface area (Å²) in [6.45, 7) is 4.23. The molecular weight excluding hydrogens is 368 g/mol. The van der Waals surface area contributed by atoms with Crippen LogP contribution in [-0.2, 0) is 13.1 Å². The molecule has 3 aromatic rings. The Balaban J connectivity index is 1.71. The summed E-state index contributed by atoms with van der Waals surface area (Å²) in [5.74, 6) is 1.62. The van der Waals surface area contributed by atoms with E-state index in [1.165, 1.54) is 11.2 Å². The van der Waals surface area contributed by atoms with Gasteiger partial charge in [-0.3, -0.25) is 5.10 Å². The second-order valence-electron chi connectivity index (χ2n) is 5.77. The zero-order valence-electron chi connectivity index (χ0n) is 14.7. The number of guanidine groups is 1. The van der Waals surface area contributed by atoms with E-state index in [9.17, 15) is 0 Å². The molecule has 0 radical (unpaired) electrons. The molecule has 0 aliphatic carbocycles. The van der Waals surface area contributed by atoms with Gasteiger partial charge in [0.1, 0.15) is 6.33 Å². The first-order valence-corrected chi connectivity index (χ1v) is 9.53. The largest absolute Gasteiger partial charge is 0.357 e. The summed E-state index contributed by atoms with van der Waals surface area (Å²) in [7, 11) is 2.03. The minimum atomic E-state index is 0.583. The van der Waals surface area contributed by atoms with Gasteiger partial charge in [0.05, 0.1) is 17.4 Å². The number of thiophene rings is 1. The fraction of sp³-hybridized carbons (Fsp3) is 0.278. The molecule has 0 saturated heterocycles. The van der Waals surface area contributed by atoms with Crippen LogP contribution in [0, 0.1) is 0 Å². The molecule has 0 atom stereocenters. The van der Waals surface area contributed by atoms with Crippen molar-refractivity contribution in [3.05, 3.63) is 57.5 Å². The van der Waals surface area contributed by atoms with Gasteiger partial charge < -0.3 is 10.2 Å². The number of aliphatic imine (C=N–C) groups is 1. The molecule has 0 spiro atoms. The summed E-state index contributed by atoms with van der Waals surface area (Å²) < 4.78 is 0.805. The third-order valence-corrected chi connectivity index (χ3v) is 4.96. The lowest BCUT2D eigenvalue weighted by Crippen LogP contribution is -2.38. The van der Waals surface area contributed by atoms with E-state index in [2.05, 4.69) is 44.5 Å². The lowest BCUT2D eigenvalue weighted by Gasteiger charge is -2.21. The second kappa shape index (κ2) is 8.82. The van der Waals surface area contributed by atoms with Crippen LogP contribution in [-0.4, -0.2) is 39.6 Å². The molecule has 0 fully saturated rings. The van der Waals surface area contributed by atoms with E-state index in [1.807, 2.05) is 31.3 Å². The first-order chi connectivity index (χ1) is 12.7. The van der Waals surface area contributed by atoms with E-state index >= 15 is 0 Å². The monoisotopic (exact) mass is 388 g/mol. The van der Waals surface area contributed by atoms with Crippen molar-refractivity contribution in [3.63, 3.8) is 0 Å². The van der Waals surface area contributed by atoms with Gasteiger partial charge >= 0.3 is 0 Å².